The molecule has 1 nitrogen and oxygen atoms in total. The van der Waals surface area contributed by atoms with Gasteiger partial charge >= 0.3 is 0 Å². The topological polar surface area (TPSA) is 12.4 Å². The third-order valence-corrected chi connectivity index (χ3v) is 2.63. The van der Waals surface area contributed by atoms with E-state index >= 15 is 0 Å². The monoisotopic (exact) mass is 259 g/mol. The lowest BCUT2D eigenvalue weighted by Gasteiger charge is -1.88. The van der Waals surface area contributed by atoms with E-state index in [-0.39, 0.29) is 0 Å². The van der Waals surface area contributed by atoms with Gasteiger partial charge in [0.25, 0.3) is 0 Å². The van der Waals surface area contributed by atoms with Crippen LogP contribution < -0.4 is 0 Å². The van der Waals surface area contributed by atoms with Gasteiger partial charge in [-0.25, -0.2) is 0 Å². The van der Waals surface area contributed by atoms with Gasteiger partial charge < -0.3 is 0 Å². The maximum atomic E-state index is 4.17. The zero-order valence-corrected chi connectivity index (χ0v) is 11.3. The van der Waals surface area contributed by atoms with Gasteiger partial charge in [-0.3, -0.25) is 4.99 Å². The summed E-state index contributed by atoms with van der Waals surface area (Å²) in [4.78, 5) is 4.17. The number of hydrogen-bond acceptors (Lipinski definition) is 1. The van der Waals surface area contributed by atoms with Crippen LogP contribution in [0.15, 0.2) is 90.1 Å². The van der Waals surface area contributed by atoms with Gasteiger partial charge in [0, 0.05) is 12.4 Å². The molecule has 0 unspecified atom stereocenters. The van der Waals surface area contributed by atoms with E-state index in [2.05, 4.69) is 29.3 Å². The molecule has 2 aromatic carbocycles. The minimum atomic E-state index is 1.17. The van der Waals surface area contributed by atoms with E-state index in [1.807, 2.05) is 66.8 Å². The first-order valence-electron chi connectivity index (χ1n) is 6.58. The Balaban J connectivity index is 1.77. The molecule has 0 aliphatic carbocycles. The molecule has 0 spiro atoms. The van der Waals surface area contributed by atoms with Crippen molar-refractivity contribution in [3.63, 3.8) is 0 Å². The molecule has 0 radical (unpaired) electrons. The predicted molar refractivity (Wildman–Crippen MR) is 88.6 cm³/mol. The van der Waals surface area contributed by atoms with Crippen LogP contribution in [0.1, 0.15) is 11.1 Å². The summed E-state index contributed by atoms with van der Waals surface area (Å²) in [5.41, 5.74) is 2.36. The molecule has 0 aliphatic rings. The van der Waals surface area contributed by atoms with E-state index in [1.165, 1.54) is 11.1 Å². The van der Waals surface area contributed by atoms with Gasteiger partial charge in [-0.2, -0.15) is 0 Å². The average Bonchev–Trinajstić information content (AvgIpc) is 2.52. The fourth-order valence-corrected chi connectivity index (χ4v) is 1.65. The largest absolute Gasteiger partial charge is 0.265 e. The molecule has 2 rings (SSSR count). The van der Waals surface area contributed by atoms with E-state index < -0.39 is 0 Å². The van der Waals surface area contributed by atoms with Gasteiger partial charge in [0.15, 0.2) is 0 Å². The Morgan fingerprint density at radius 1 is 0.600 bits per heavy atom. The minimum absolute atomic E-state index is 1.17. The Morgan fingerprint density at radius 3 is 1.75 bits per heavy atom. The Kier molecular flexibility index (Phi) is 5.80. The fraction of sp³-hybridized carbons (Fsp3) is 0. The molecule has 0 heterocycles. The second kappa shape index (κ2) is 8.44. The summed E-state index contributed by atoms with van der Waals surface area (Å²) < 4.78 is 0. The first-order valence-corrected chi connectivity index (χ1v) is 6.58. The third kappa shape index (κ3) is 5.32. The van der Waals surface area contributed by atoms with Crippen LogP contribution in [0.4, 0.5) is 0 Å². The SMILES string of the molecule is C(/C=C/c1ccccc1)=C\N=C\C=C\c1ccccc1. The third-order valence-electron chi connectivity index (χ3n) is 2.63. The normalized spacial score (nSPS) is 12.2. The number of allylic oxidation sites excluding steroid dienone is 3. The van der Waals surface area contributed by atoms with E-state index in [0.29, 0.717) is 0 Å². The highest BCUT2D eigenvalue weighted by Crippen LogP contribution is 2.01. The van der Waals surface area contributed by atoms with Gasteiger partial charge in [-0.1, -0.05) is 78.9 Å². The molecule has 20 heavy (non-hydrogen) atoms. The van der Waals surface area contributed by atoms with Crippen LogP contribution in [0.3, 0.4) is 0 Å². The summed E-state index contributed by atoms with van der Waals surface area (Å²) in [6, 6.07) is 20.4. The maximum absolute atomic E-state index is 4.17. The van der Waals surface area contributed by atoms with Crippen molar-refractivity contribution in [1.29, 1.82) is 0 Å². The lowest BCUT2D eigenvalue weighted by atomic mass is 10.2. The lowest BCUT2D eigenvalue weighted by Crippen LogP contribution is -1.69. The van der Waals surface area contributed by atoms with Gasteiger partial charge in [0.2, 0.25) is 0 Å². The van der Waals surface area contributed by atoms with Crippen LogP contribution in [0, 0.1) is 0 Å². The first-order chi connectivity index (χ1) is 9.95. The molecule has 0 saturated carbocycles. The van der Waals surface area contributed by atoms with E-state index in [4.69, 9.17) is 0 Å². The van der Waals surface area contributed by atoms with E-state index in [0.717, 1.165) is 0 Å². The number of rotatable bonds is 5. The van der Waals surface area contributed by atoms with Crippen LogP contribution >= 0.6 is 0 Å². The Labute approximate surface area is 120 Å². The van der Waals surface area contributed by atoms with Crippen molar-refractivity contribution in [3.8, 4) is 0 Å². The highest BCUT2D eigenvalue weighted by molar-refractivity contribution is 5.78. The minimum Gasteiger partial charge on any atom is -0.265 e. The number of aliphatic imine (C=N–C) groups is 1. The van der Waals surface area contributed by atoms with Crippen molar-refractivity contribution in [2.24, 2.45) is 4.99 Å². The fourth-order valence-electron chi connectivity index (χ4n) is 1.65. The summed E-state index contributed by atoms with van der Waals surface area (Å²) >= 11 is 0. The van der Waals surface area contributed by atoms with Crippen LogP contribution in [0.5, 0.6) is 0 Å². The highest BCUT2D eigenvalue weighted by Gasteiger charge is 1.80. The summed E-state index contributed by atoms with van der Waals surface area (Å²) in [6.07, 6.45) is 13.5. The molecule has 0 fully saturated rings. The van der Waals surface area contributed by atoms with Crippen LogP contribution in [-0.4, -0.2) is 6.21 Å². The maximum Gasteiger partial charge on any atom is 0.0267 e. The number of hydrogen-bond donors (Lipinski definition) is 0. The van der Waals surface area contributed by atoms with Crippen LogP contribution in [0.25, 0.3) is 12.2 Å². The molecule has 0 atom stereocenters. The van der Waals surface area contributed by atoms with Crippen molar-refractivity contribution in [3.05, 3.63) is 96.2 Å². The van der Waals surface area contributed by atoms with E-state index in [1.54, 1.807) is 12.4 Å². The Bertz CT molecular complexity index is 547. The van der Waals surface area contributed by atoms with Crippen LogP contribution in [0.2, 0.25) is 0 Å². The van der Waals surface area contributed by atoms with Gasteiger partial charge in [-0.15, -0.1) is 0 Å². The molecule has 0 N–H and O–H groups in total. The molecule has 0 aromatic heterocycles. The zero-order chi connectivity index (χ0) is 13.9. The molecular formula is C19H17N. The standard InChI is InChI=1S/C19H17N/c1-3-10-18(11-4-1)14-7-8-16-20-17-9-15-19-12-5-2-6-13-19/h1-17H/b14-7+,15-9+,16-8+,20-17+. The molecule has 1 heteroatoms. The van der Waals surface area contributed by atoms with Crippen molar-refractivity contribution in [1.82, 2.24) is 0 Å². The molecular weight excluding hydrogens is 242 g/mol. The summed E-state index contributed by atoms with van der Waals surface area (Å²) in [6.45, 7) is 0. The molecule has 0 amide bonds. The molecule has 0 saturated heterocycles. The van der Waals surface area contributed by atoms with Crippen LogP contribution in [-0.2, 0) is 0 Å². The number of benzene rings is 2. The quantitative estimate of drug-likeness (QED) is 0.529. The zero-order valence-electron chi connectivity index (χ0n) is 11.3. The van der Waals surface area contributed by atoms with Crippen molar-refractivity contribution >= 4 is 18.4 Å². The highest BCUT2D eigenvalue weighted by atomic mass is 14.6. The summed E-state index contributed by atoms with van der Waals surface area (Å²) in [7, 11) is 0. The van der Waals surface area contributed by atoms with E-state index in [9.17, 15) is 0 Å². The van der Waals surface area contributed by atoms with Crippen molar-refractivity contribution < 1.29 is 0 Å². The Morgan fingerprint density at radius 2 is 1.15 bits per heavy atom. The van der Waals surface area contributed by atoms with Gasteiger partial charge in [0.05, 0.1) is 0 Å². The number of nitrogens with zero attached hydrogens (tertiary/aromatic N) is 1. The van der Waals surface area contributed by atoms with Gasteiger partial charge in [0.1, 0.15) is 0 Å². The molecule has 0 aliphatic heterocycles. The smallest absolute Gasteiger partial charge is 0.0267 e. The molecule has 2 aromatic rings. The van der Waals surface area contributed by atoms with Crippen molar-refractivity contribution in [2.45, 2.75) is 0 Å². The second-order valence-electron chi connectivity index (χ2n) is 4.18. The lowest BCUT2D eigenvalue weighted by molar-refractivity contribution is 1.59. The molecule has 98 valence electrons. The van der Waals surface area contributed by atoms with Gasteiger partial charge in [-0.05, 0) is 23.3 Å². The second-order valence-corrected chi connectivity index (χ2v) is 4.18. The summed E-state index contributed by atoms with van der Waals surface area (Å²) in [5.74, 6) is 0. The molecule has 0 bridgehead atoms. The average molecular weight is 259 g/mol. The summed E-state index contributed by atoms with van der Waals surface area (Å²) in [5, 5.41) is 0. The first kappa shape index (κ1) is 13.8. The predicted octanol–water partition coefficient (Wildman–Crippen LogP) is 5.00. The van der Waals surface area contributed by atoms with Crippen molar-refractivity contribution in [2.75, 3.05) is 0 Å². The Hall–Kier alpha value is -2.67.